The molecule has 4 nitrogen and oxygen atoms in total. The Balaban J connectivity index is 2.14. The number of pyridine rings is 1. The van der Waals surface area contributed by atoms with Crippen molar-refractivity contribution in [2.75, 3.05) is 18.0 Å². The lowest BCUT2D eigenvalue weighted by Crippen LogP contribution is -2.21. The Morgan fingerprint density at radius 3 is 2.29 bits per heavy atom. The first kappa shape index (κ1) is 16.1. The van der Waals surface area contributed by atoms with Crippen molar-refractivity contribution in [2.45, 2.75) is 13.8 Å². The molecule has 0 saturated heterocycles. The highest BCUT2D eigenvalue weighted by Gasteiger charge is 2.02. The number of rotatable bonds is 5. The molecule has 0 aliphatic carbocycles. The molecular formula is C15H16Br2N4. The molecule has 0 spiro atoms. The van der Waals surface area contributed by atoms with Crippen molar-refractivity contribution in [3.8, 4) is 0 Å². The molecule has 0 radical (unpaired) electrons. The second-order valence-electron chi connectivity index (χ2n) is 4.35. The Hall–Kier alpha value is -1.27. The van der Waals surface area contributed by atoms with Gasteiger partial charge in [-0.3, -0.25) is 0 Å². The van der Waals surface area contributed by atoms with Crippen LogP contribution in [0, 0.1) is 0 Å². The van der Waals surface area contributed by atoms with E-state index in [-0.39, 0.29) is 0 Å². The van der Waals surface area contributed by atoms with E-state index in [9.17, 15) is 0 Å². The first-order valence-corrected chi connectivity index (χ1v) is 8.30. The number of hydrogen-bond acceptors (Lipinski definition) is 4. The Bertz CT molecular complexity index is 622. The SMILES string of the molecule is CCN(CC)c1ccc(N=Nc2ncc(Br)cc2Br)cc1. The molecule has 1 aromatic heterocycles. The van der Waals surface area contributed by atoms with E-state index in [1.54, 1.807) is 6.20 Å². The summed E-state index contributed by atoms with van der Waals surface area (Å²) in [5.41, 5.74) is 2.00. The average molecular weight is 412 g/mol. The largest absolute Gasteiger partial charge is 0.372 e. The van der Waals surface area contributed by atoms with E-state index in [0.29, 0.717) is 5.82 Å². The fourth-order valence-corrected chi connectivity index (χ4v) is 2.97. The van der Waals surface area contributed by atoms with Crippen LogP contribution in [0.5, 0.6) is 0 Å². The molecule has 0 aliphatic heterocycles. The summed E-state index contributed by atoms with van der Waals surface area (Å²) in [6, 6.07) is 9.94. The third-order valence-electron chi connectivity index (χ3n) is 3.03. The molecule has 0 saturated carbocycles. The fourth-order valence-electron chi connectivity index (χ4n) is 1.90. The molecule has 1 heterocycles. The van der Waals surface area contributed by atoms with E-state index in [1.165, 1.54) is 5.69 Å². The maximum absolute atomic E-state index is 4.22. The topological polar surface area (TPSA) is 40.9 Å². The number of azo groups is 1. The van der Waals surface area contributed by atoms with Gasteiger partial charge in [0.1, 0.15) is 0 Å². The van der Waals surface area contributed by atoms with Crippen molar-refractivity contribution in [2.24, 2.45) is 10.2 Å². The standard InChI is InChI=1S/C15H16Br2N4/c1-3-21(4-2)13-7-5-12(6-8-13)19-20-15-14(17)9-11(16)10-18-15/h5-10H,3-4H2,1-2H3. The molecular weight excluding hydrogens is 396 g/mol. The van der Waals surface area contributed by atoms with Gasteiger partial charge in [-0.2, -0.15) is 0 Å². The van der Waals surface area contributed by atoms with Crippen molar-refractivity contribution < 1.29 is 0 Å². The van der Waals surface area contributed by atoms with E-state index in [4.69, 9.17) is 0 Å². The van der Waals surface area contributed by atoms with Crippen molar-refractivity contribution in [3.63, 3.8) is 0 Å². The van der Waals surface area contributed by atoms with Crippen LogP contribution in [0.1, 0.15) is 13.8 Å². The summed E-state index contributed by atoms with van der Waals surface area (Å²) < 4.78 is 1.71. The molecule has 1 aromatic carbocycles. The van der Waals surface area contributed by atoms with Crippen molar-refractivity contribution in [1.29, 1.82) is 0 Å². The van der Waals surface area contributed by atoms with Gasteiger partial charge in [0, 0.05) is 29.4 Å². The Morgan fingerprint density at radius 1 is 1.05 bits per heavy atom. The van der Waals surface area contributed by atoms with Crippen molar-refractivity contribution in [3.05, 3.63) is 45.5 Å². The first-order chi connectivity index (χ1) is 10.1. The fraction of sp³-hybridized carbons (Fsp3) is 0.267. The van der Waals surface area contributed by atoms with Gasteiger partial charge >= 0.3 is 0 Å². The number of benzene rings is 1. The van der Waals surface area contributed by atoms with Crippen LogP contribution in [0.2, 0.25) is 0 Å². The minimum atomic E-state index is 0.561. The van der Waals surface area contributed by atoms with E-state index >= 15 is 0 Å². The predicted molar refractivity (Wildman–Crippen MR) is 93.8 cm³/mol. The van der Waals surface area contributed by atoms with Crippen LogP contribution in [-0.4, -0.2) is 18.1 Å². The van der Waals surface area contributed by atoms with Gasteiger partial charge in [-0.25, -0.2) is 4.98 Å². The van der Waals surface area contributed by atoms with Crippen LogP contribution in [0.4, 0.5) is 17.2 Å². The zero-order valence-corrected chi connectivity index (χ0v) is 15.1. The molecule has 0 atom stereocenters. The number of anilines is 1. The summed E-state index contributed by atoms with van der Waals surface area (Å²) in [6.45, 7) is 6.28. The van der Waals surface area contributed by atoms with Crippen LogP contribution in [0.25, 0.3) is 0 Å². The molecule has 0 bridgehead atoms. The second-order valence-corrected chi connectivity index (χ2v) is 6.12. The Kier molecular flexibility index (Phi) is 5.87. The molecule has 0 N–H and O–H groups in total. The molecule has 0 unspecified atom stereocenters. The Labute approximate surface area is 141 Å². The van der Waals surface area contributed by atoms with Crippen LogP contribution < -0.4 is 4.90 Å². The molecule has 0 fully saturated rings. The van der Waals surface area contributed by atoms with E-state index in [2.05, 4.69) is 78.0 Å². The van der Waals surface area contributed by atoms with Gasteiger partial charge in [0.25, 0.3) is 0 Å². The van der Waals surface area contributed by atoms with Crippen LogP contribution in [0.15, 0.2) is 55.7 Å². The lowest BCUT2D eigenvalue weighted by Gasteiger charge is -2.20. The minimum Gasteiger partial charge on any atom is -0.372 e. The van der Waals surface area contributed by atoms with Gasteiger partial charge in [0.2, 0.25) is 0 Å². The molecule has 2 aromatic rings. The molecule has 21 heavy (non-hydrogen) atoms. The van der Waals surface area contributed by atoms with Gasteiger partial charge < -0.3 is 4.90 Å². The summed E-state index contributed by atoms with van der Waals surface area (Å²) in [5.74, 6) is 0.561. The Morgan fingerprint density at radius 2 is 1.71 bits per heavy atom. The lowest BCUT2D eigenvalue weighted by atomic mass is 10.2. The van der Waals surface area contributed by atoms with Crippen LogP contribution in [-0.2, 0) is 0 Å². The number of halogens is 2. The van der Waals surface area contributed by atoms with Gasteiger partial charge in [0.15, 0.2) is 5.82 Å². The molecule has 0 aliphatic rings. The maximum atomic E-state index is 4.22. The zero-order chi connectivity index (χ0) is 15.2. The summed E-state index contributed by atoms with van der Waals surface area (Å²) in [4.78, 5) is 6.49. The highest BCUT2D eigenvalue weighted by atomic mass is 79.9. The van der Waals surface area contributed by atoms with Crippen molar-refractivity contribution in [1.82, 2.24) is 4.98 Å². The second kappa shape index (κ2) is 7.66. The van der Waals surface area contributed by atoms with Gasteiger partial charge in [-0.05, 0) is 76.0 Å². The minimum absolute atomic E-state index is 0.561. The third kappa shape index (κ3) is 4.35. The van der Waals surface area contributed by atoms with E-state index in [0.717, 1.165) is 27.7 Å². The number of hydrogen-bond donors (Lipinski definition) is 0. The summed E-state index contributed by atoms with van der Waals surface area (Å²) in [5, 5.41) is 8.38. The molecule has 110 valence electrons. The summed E-state index contributed by atoms with van der Waals surface area (Å²) in [7, 11) is 0. The smallest absolute Gasteiger partial charge is 0.188 e. The number of nitrogens with zero attached hydrogens (tertiary/aromatic N) is 4. The highest BCUT2D eigenvalue weighted by Crippen LogP contribution is 2.28. The van der Waals surface area contributed by atoms with Gasteiger partial charge in [-0.1, -0.05) is 0 Å². The van der Waals surface area contributed by atoms with Gasteiger partial charge in [0.05, 0.1) is 10.2 Å². The third-order valence-corrected chi connectivity index (χ3v) is 4.04. The summed E-state index contributed by atoms with van der Waals surface area (Å²) in [6.07, 6.45) is 1.70. The normalized spacial score (nSPS) is 11.0. The first-order valence-electron chi connectivity index (χ1n) is 6.71. The van der Waals surface area contributed by atoms with Crippen LogP contribution >= 0.6 is 31.9 Å². The van der Waals surface area contributed by atoms with E-state index in [1.807, 2.05) is 18.2 Å². The number of aromatic nitrogens is 1. The summed E-state index contributed by atoms with van der Waals surface area (Å²) >= 11 is 6.78. The molecule has 0 amide bonds. The molecule has 6 heteroatoms. The lowest BCUT2D eigenvalue weighted by molar-refractivity contribution is 0.866. The average Bonchev–Trinajstić information content (AvgIpc) is 2.49. The van der Waals surface area contributed by atoms with Crippen LogP contribution in [0.3, 0.4) is 0 Å². The highest BCUT2D eigenvalue weighted by molar-refractivity contribution is 9.11. The predicted octanol–water partition coefficient (Wildman–Crippen LogP) is 5.87. The van der Waals surface area contributed by atoms with Gasteiger partial charge in [-0.15, -0.1) is 10.2 Å². The van der Waals surface area contributed by atoms with E-state index < -0.39 is 0 Å². The van der Waals surface area contributed by atoms with Crippen molar-refractivity contribution >= 4 is 49.1 Å². The zero-order valence-electron chi connectivity index (χ0n) is 11.9. The molecule has 2 rings (SSSR count). The monoisotopic (exact) mass is 410 g/mol. The maximum Gasteiger partial charge on any atom is 0.188 e. The quantitative estimate of drug-likeness (QED) is 0.577.